The largest absolute Gasteiger partial charge is 0.484 e. The molecule has 138 valence electrons. The minimum Gasteiger partial charge on any atom is -0.484 e. The molecule has 0 fully saturated rings. The summed E-state index contributed by atoms with van der Waals surface area (Å²) in [6, 6.07) is 13.8. The molecule has 27 heavy (non-hydrogen) atoms. The van der Waals surface area contributed by atoms with Crippen LogP contribution in [0.4, 0.5) is 5.69 Å². The fourth-order valence-corrected chi connectivity index (χ4v) is 2.37. The molecule has 7 nitrogen and oxygen atoms in total. The second kappa shape index (κ2) is 8.27. The first-order valence-corrected chi connectivity index (χ1v) is 8.51. The first-order chi connectivity index (χ1) is 13.0. The number of nitrogens with zero attached hydrogens (tertiary/aromatic N) is 2. The lowest BCUT2D eigenvalue weighted by Crippen LogP contribution is -2.20. The van der Waals surface area contributed by atoms with Gasteiger partial charge < -0.3 is 14.5 Å². The minimum atomic E-state index is -0.304. The van der Waals surface area contributed by atoms with Crippen LogP contribution in [0.5, 0.6) is 5.75 Å². The maximum Gasteiger partial charge on any atom is 0.262 e. The molecule has 0 radical (unpaired) electrons. The first-order valence-electron chi connectivity index (χ1n) is 8.51. The number of ketones is 1. The summed E-state index contributed by atoms with van der Waals surface area (Å²) in [7, 11) is 0. The Morgan fingerprint density at radius 1 is 1.11 bits per heavy atom. The van der Waals surface area contributed by atoms with Crippen LogP contribution in [0.25, 0.3) is 11.5 Å². The summed E-state index contributed by atoms with van der Waals surface area (Å²) in [6.45, 7) is 3.28. The number of hydrogen-bond donors (Lipinski definition) is 1. The molecule has 0 aliphatic rings. The maximum absolute atomic E-state index is 12.1. The number of hydrogen-bond acceptors (Lipinski definition) is 6. The van der Waals surface area contributed by atoms with Gasteiger partial charge in [-0.25, -0.2) is 0 Å². The topological polar surface area (TPSA) is 94.3 Å². The van der Waals surface area contributed by atoms with Gasteiger partial charge in [0.25, 0.3) is 5.91 Å². The predicted octanol–water partition coefficient (Wildman–Crippen LogP) is 3.52. The number of benzene rings is 2. The molecule has 1 aromatic heterocycles. The monoisotopic (exact) mass is 365 g/mol. The number of aromatic nitrogens is 2. The average Bonchev–Trinajstić information content (AvgIpc) is 3.16. The van der Waals surface area contributed by atoms with E-state index in [0.717, 1.165) is 5.56 Å². The van der Waals surface area contributed by atoms with Gasteiger partial charge >= 0.3 is 0 Å². The van der Waals surface area contributed by atoms with Crippen LogP contribution in [0.1, 0.15) is 30.1 Å². The van der Waals surface area contributed by atoms with Gasteiger partial charge in [-0.1, -0.05) is 13.0 Å². The number of carbonyl (C=O) groups excluding carboxylic acids is 2. The zero-order valence-corrected chi connectivity index (χ0v) is 15.1. The summed E-state index contributed by atoms with van der Waals surface area (Å²) in [5.41, 5.74) is 1.91. The summed E-state index contributed by atoms with van der Waals surface area (Å²) in [4.78, 5) is 23.3. The molecule has 0 spiro atoms. The van der Waals surface area contributed by atoms with Crippen molar-refractivity contribution in [2.24, 2.45) is 0 Å². The van der Waals surface area contributed by atoms with Crippen LogP contribution >= 0.6 is 0 Å². The Hall–Kier alpha value is -3.48. The van der Waals surface area contributed by atoms with Gasteiger partial charge in [0.05, 0.1) is 0 Å². The third-order valence-corrected chi connectivity index (χ3v) is 3.80. The zero-order valence-electron chi connectivity index (χ0n) is 15.1. The van der Waals surface area contributed by atoms with Crippen LogP contribution in [-0.2, 0) is 11.2 Å². The van der Waals surface area contributed by atoms with E-state index in [0.29, 0.717) is 35.2 Å². The smallest absolute Gasteiger partial charge is 0.262 e. The number of Topliss-reactive ketones (excluding diaryl/α,β-unsaturated/α-hetero) is 1. The van der Waals surface area contributed by atoms with Gasteiger partial charge in [0, 0.05) is 23.2 Å². The third-order valence-electron chi connectivity index (χ3n) is 3.80. The lowest BCUT2D eigenvalue weighted by Gasteiger charge is -2.08. The number of aryl methyl sites for hydroxylation is 1. The van der Waals surface area contributed by atoms with Gasteiger partial charge in [0.1, 0.15) is 5.75 Å². The summed E-state index contributed by atoms with van der Waals surface area (Å²) in [5.74, 6) is 1.16. The molecule has 0 saturated carbocycles. The summed E-state index contributed by atoms with van der Waals surface area (Å²) >= 11 is 0. The van der Waals surface area contributed by atoms with E-state index in [-0.39, 0.29) is 18.3 Å². The van der Waals surface area contributed by atoms with Gasteiger partial charge in [-0.3, -0.25) is 9.59 Å². The Kier molecular flexibility index (Phi) is 5.61. The molecule has 3 rings (SSSR count). The lowest BCUT2D eigenvalue weighted by atomic mass is 10.1. The van der Waals surface area contributed by atoms with Gasteiger partial charge in [0.15, 0.2) is 12.4 Å². The fraction of sp³-hybridized carbons (Fsp3) is 0.200. The molecule has 0 aliphatic carbocycles. The van der Waals surface area contributed by atoms with E-state index in [9.17, 15) is 9.59 Å². The van der Waals surface area contributed by atoms with Gasteiger partial charge in [-0.15, -0.1) is 10.2 Å². The predicted molar refractivity (Wildman–Crippen MR) is 99.7 cm³/mol. The number of anilines is 1. The van der Waals surface area contributed by atoms with Crippen LogP contribution in [0, 0.1) is 0 Å². The van der Waals surface area contributed by atoms with E-state index in [1.54, 1.807) is 42.5 Å². The van der Waals surface area contributed by atoms with Crippen molar-refractivity contribution in [1.29, 1.82) is 0 Å². The number of amides is 1. The SMILES string of the molecule is CCc1nnc(-c2cccc(OCC(=O)Nc3ccc(C(C)=O)cc3)c2)o1. The molecule has 2 aromatic carbocycles. The van der Waals surface area contributed by atoms with Crippen LogP contribution in [-0.4, -0.2) is 28.5 Å². The Balaban J connectivity index is 1.58. The van der Waals surface area contributed by atoms with Crippen molar-refractivity contribution in [1.82, 2.24) is 10.2 Å². The van der Waals surface area contributed by atoms with E-state index in [2.05, 4.69) is 15.5 Å². The summed E-state index contributed by atoms with van der Waals surface area (Å²) in [6.07, 6.45) is 0.663. The van der Waals surface area contributed by atoms with Gasteiger partial charge in [-0.2, -0.15) is 0 Å². The average molecular weight is 365 g/mol. The van der Waals surface area contributed by atoms with Gasteiger partial charge in [-0.05, 0) is 49.4 Å². The molecular weight excluding hydrogens is 346 g/mol. The highest BCUT2D eigenvalue weighted by Gasteiger charge is 2.09. The number of nitrogens with one attached hydrogen (secondary N) is 1. The fourth-order valence-electron chi connectivity index (χ4n) is 2.37. The van der Waals surface area contributed by atoms with Crippen LogP contribution in [0.3, 0.4) is 0 Å². The Morgan fingerprint density at radius 3 is 2.56 bits per heavy atom. The van der Waals surface area contributed by atoms with Crippen molar-refractivity contribution < 1.29 is 18.7 Å². The second-order valence-electron chi connectivity index (χ2n) is 5.85. The second-order valence-corrected chi connectivity index (χ2v) is 5.85. The molecule has 0 saturated heterocycles. The molecule has 0 bridgehead atoms. The van der Waals surface area contributed by atoms with E-state index in [1.165, 1.54) is 6.92 Å². The molecule has 0 unspecified atom stereocenters. The summed E-state index contributed by atoms with van der Waals surface area (Å²) in [5, 5.41) is 10.6. The molecule has 1 N–H and O–H groups in total. The number of rotatable bonds is 7. The van der Waals surface area contributed by atoms with Crippen molar-refractivity contribution in [3.05, 3.63) is 60.0 Å². The minimum absolute atomic E-state index is 0.0246. The van der Waals surface area contributed by atoms with E-state index >= 15 is 0 Å². The van der Waals surface area contributed by atoms with Crippen molar-refractivity contribution in [3.63, 3.8) is 0 Å². The molecule has 0 atom stereocenters. The van der Waals surface area contributed by atoms with Crippen molar-refractivity contribution in [2.45, 2.75) is 20.3 Å². The normalized spacial score (nSPS) is 10.4. The third kappa shape index (κ3) is 4.78. The van der Waals surface area contributed by atoms with Gasteiger partial charge in [0.2, 0.25) is 11.8 Å². The van der Waals surface area contributed by atoms with Crippen molar-refractivity contribution in [3.8, 4) is 17.2 Å². The molecule has 7 heteroatoms. The zero-order chi connectivity index (χ0) is 19.2. The number of carbonyl (C=O) groups is 2. The first kappa shape index (κ1) is 18.3. The highest BCUT2D eigenvalue weighted by Crippen LogP contribution is 2.23. The molecular formula is C20H19N3O4. The standard InChI is InChI=1S/C20H19N3O4/c1-3-19-22-23-20(27-19)15-5-4-6-17(11-15)26-12-18(25)21-16-9-7-14(8-10-16)13(2)24/h4-11H,3,12H2,1-2H3,(H,21,25). The molecule has 0 aliphatic heterocycles. The van der Waals surface area contributed by atoms with Crippen LogP contribution in [0.15, 0.2) is 52.9 Å². The number of ether oxygens (including phenoxy) is 1. The van der Waals surface area contributed by atoms with Crippen LogP contribution in [0.2, 0.25) is 0 Å². The lowest BCUT2D eigenvalue weighted by molar-refractivity contribution is -0.118. The van der Waals surface area contributed by atoms with E-state index in [1.807, 2.05) is 13.0 Å². The molecule has 3 aromatic rings. The molecule has 1 heterocycles. The van der Waals surface area contributed by atoms with Crippen molar-refractivity contribution >= 4 is 17.4 Å². The Labute approximate surface area is 156 Å². The van der Waals surface area contributed by atoms with E-state index in [4.69, 9.17) is 9.15 Å². The van der Waals surface area contributed by atoms with Crippen LogP contribution < -0.4 is 10.1 Å². The Morgan fingerprint density at radius 2 is 1.89 bits per heavy atom. The highest BCUT2D eigenvalue weighted by molar-refractivity contribution is 5.95. The summed E-state index contributed by atoms with van der Waals surface area (Å²) < 4.78 is 11.1. The van der Waals surface area contributed by atoms with E-state index < -0.39 is 0 Å². The van der Waals surface area contributed by atoms with Crippen molar-refractivity contribution in [2.75, 3.05) is 11.9 Å². The maximum atomic E-state index is 12.1. The molecule has 1 amide bonds. The quantitative estimate of drug-likeness (QED) is 0.644. The highest BCUT2D eigenvalue weighted by atomic mass is 16.5. The Bertz CT molecular complexity index is 948.